The highest BCUT2D eigenvalue weighted by Gasteiger charge is 2.28. The summed E-state index contributed by atoms with van der Waals surface area (Å²) < 4.78 is 36.1. The van der Waals surface area contributed by atoms with Crippen LogP contribution in [0, 0.1) is 6.92 Å². The summed E-state index contributed by atoms with van der Waals surface area (Å²) in [6.07, 6.45) is 0. The van der Waals surface area contributed by atoms with E-state index in [9.17, 15) is 18.0 Å². The zero-order chi connectivity index (χ0) is 32.7. The number of amides is 1. The molecule has 1 N–H and O–H groups in total. The van der Waals surface area contributed by atoms with Gasteiger partial charge in [-0.15, -0.1) is 10.2 Å². The van der Waals surface area contributed by atoms with Crippen LogP contribution in [0.15, 0.2) is 113 Å². The molecule has 0 aliphatic heterocycles. The van der Waals surface area contributed by atoms with Crippen LogP contribution < -0.4 is 9.62 Å². The van der Waals surface area contributed by atoms with Crippen LogP contribution in [0.5, 0.6) is 0 Å². The van der Waals surface area contributed by atoms with Crippen LogP contribution >= 0.6 is 23.4 Å². The van der Waals surface area contributed by atoms with E-state index in [4.69, 9.17) is 16.3 Å². The molecule has 46 heavy (non-hydrogen) atoms. The summed E-state index contributed by atoms with van der Waals surface area (Å²) in [5, 5.41) is 12.3. The first-order valence-corrected chi connectivity index (χ1v) is 17.0. The Hall–Kier alpha value is -4.65. The zero-order valence-corrected chi connectivity index (χ0v) is 27.3. The van der Waals surface area contributed by atoms with E-state index in [-0.39, 0.29) is 29.7 Å². The van der Waals surface area contributed by atoms with Crippen LogP contribution in [-0.4, -0.2) is 47.4 Å². The van der Waals surface area contributed by atoms with Gasteiger partial charge in [0.1, 0.15) is 0 Å². The van der Waals surface area contributed by atoms with Gasteiger partial charge in [0.2, 0.25) is 5.91 Å². The van der Waals surface area contributed by atoms with Crippen molar-refractivity contribution in [3.63, 3.8) is 0 Å². The van der Waals surface area contributed by atoms with E-state index in [1.54, 1.807) is 84.3 Å². The number of sulfonamides is 1. The predicted octanol–water partition coefficient (Wildman–Crippen LogP) is 6.53. The van der Waals surface area contributed by atoms with E-state index in [2.05, 4.69) is 15.5 Å². The molecular weight excluding hydrogens is 646 g/mol. The van der Waals surface area contributed by atoms with E-state index in [0.717, 1.165) is 17.3 Å². The normalized spacial score (nSPS) is 11.2. The van der Waals surface area contributed by atoms with Gasteiger partial charge < -0.3 is 10.1 Å². The van der Waals surface area contributed by atoms with Gasteiger partial charge in [-0.3, -0.25) is 13.7 Å². The fourth-order valence-electron chi connectivity index (χ4n) is 4.51. The third-order valence-corrected chi connectivity index (χ3v) is 9.65. The molecule has 0 unspecified atom stereocenters. The smallest absolute Gasteiger partial charge is 0.338 e. The number of ether oxygens (including phenoxy) is 1. The lowest BCUT2D eigenvalue weighted by molar-refractivity contribution is -0.113. The van der Waals surface area contributed by atoms with Crippen molar-refractivity contribution < 1.29 is 22.7 Å². The van der Waals surface area contributed by atoms with Gasteiger partial charge in [0, 0.05) is 16.4 Å². The SMILES string of the molecule is CCOC(=O)c1cccc(NC(=O)CSc2nnc(CN(c3cccc(Cl)c3)S(=O)(=O)c3ccc(C)cc3)n2-c2ccccc2)c1. The van der Waals surface area contributed by atoms with Crippen LogP contribution in [0.2, 0.25) is 5.02 Å². The Bertz CT molecular complexity index is 1950. The van der Waals surface area contributed by atoms with Gasteiger partial charge in [0.25, 0.3) is 10.0 Å². The fraction of sp³-hybridized carbons (Fsp3) is 0.152. The Morgan fingerprint density at radius 2 is 1.67 bits per heavy atom. The van der Waals surface area contributed by atoms with Crippen molar-refractivity contribution in [3.05, 3.63) is 125 Å². The second-order valence-electron chi connectivity index (χ2n) is 10.0. The Morgan fingerprint density at radius 1 is 0.935 bits per heavy atom. The Labute approximate surface area is 276 Å². The van der Waals surface area contributed by atoms with E-state index in [0.29, 0.717) is 38.6 Å². The number of thioether (sulfide) groups is 1. The lowest BCUT2D eigenvalue weighted by Gasteiger charge is -2.25. The summed E-state index contributed by atoms with van der Waals surface area (Å²) in [5.74, 6) is -0.522. The Balaban J connectivity index is 1.44. The van der Waals surface area contributed by atoms with Gasteiger partial charge in [0.05, 0.1) is 35.1 Å². The number of hydrogen-bond acceptors (Lipinski definition) is 8. The van der Waals surface area contributed by atoms with Gasteiger partial charge in [-0.25, -0.2) is 13.2 Å². The molecule has 0 saturated carbocycles. The molecule has 0 atom stereocenters. The molecule has 0 bridgehead atoms. The monoisotopic (exact) mass is 675 g/mol. The van der Waals surface area contributed by atoms with Crippen molar-refractivity contribution in [3.8, 4) is 5.69 Å². The molecular formula is C33H30ClN5O5S2. The Kier molecular flexibility index (Phi) is 10.4. The number of aryl methyl sites for hydroxylation is 1. The van der Waals surface area contributed by atoms with Crippen molar-refractivity contribution in [1.82, 2.24) is 14.8 Å². The number of aromatic nitrogens is 3. The summed E-state index contributed by atoms with van der Waals surface area (Å²) in [6, 6.07) is 28.9. The molecule has 1 amide bonds. The molecule has 0 aliphatic rings. The number of halogens is 1. The Morgan fingerprint density at radius 3 is 2.39 bits per heavy atom. The molecule has 236 valence electrons. The maximum Gasteiger partial charge on any atom is 0.338 e. The number of anilines is 2. The predicted molar refractivity (Wildman–Crippen MR) is 179 cm³/mol. The van der Waals surface area contributed by atoms with Gasteiger partial charge in [-0.1, -0.05) is 71.4 Å². The fourth-order valence-corrected chi connectivity index (χ4v) is 6.88. The van der Waals surface area contributed by atoms with Crippen molar-refractivity contribution in [2.45, 2.75) is 30.4 Å². The van der Waals surface area contributed by atoms with Crippen LogP contribution in [0.25, 0.3) is 5.69 Å². The van der Waals surface area contributed by atoms with Crippen molar-refractivity contribution in [2.24, 2.45) is 0 Å². The number of carbonyl (C=O) groups excluding carboxylic acids is 2. The molecule has 13 heteroatoms. The highest BCUT2D eigenvalue weighted by atomic mass is 35.5. The van der Waals surface area contributed by atoms with Crippen LogP contribution in [0.1, 0.15) is 28.7 Å². The van der Waals surface area contributed by atoms with E-state index in [1.165, 1.54) is 4.31 Å². The quantitative estimate of drug-likeness (QED) is 0.117. The first kappa shape index (κ1) is 32.7. The zero-order valence-electron chi connectivity index (χ0n) is 25.0. The van der Waals surface area contributed by atoms with Gasteiger partial charge in [-0.2, -0.15) is 0 Å². The summed E-state index contributed by atoms with van der Waals surface area (Å²) in [4.78, 5) is 25.2. The van der Waals surface area contributed by atoms with Crippen LogP contribution in [0.4, 0.5) is 11.4 Å². The number of nitrogens with one attached hydrogen (secondary N) is 1. The minimum absolute atomic E-state index is 0.0335. The lowest BCUT2D eigenvalue weighted by Crippen LogP contribution is -2.31. The number of nitrogens with zero attached hydrogens (tertiary/aromatic N) is 4. The second kappa shape index (κ2) is 14.6. The highest BCUT2D eigenvalue weighted by Crippen LogP contribution is 2.30. The largest absolute Gasteiger partial charge is 0.462 e. The van der Waals surface area contributed by atoms with Crippen molar-refractivity contribution in [1.29, 1.82) is 0 Å². The first-order chi connectivity index (χ1) is 22.2. The van der Waals surface area contributed by atoms with Crippen molar-refractivity contribution >= 4 is 56.6 Å². The molecule has 1 aromatic heterocycles. The minimum Gasteiger partial charge on any atom is -0.462 e. The number of rotatable bonds is 12. The molecule has 4 aromatic carbocycles. The van der Waals surface area contributed by atoms with Crippen molar-refractivity contribution in [2.75, 3.05) is 22.0 Å². The molecule has 0 fully saturated rings. The standard InChI is InChI=1S/C33H30ClN5O5S2/c1-3-44-32(41)24-9-7-11-26(19-24)35-31(40)22-45-33-37-36-30(39(33)27-12-5-4-6-13-27)21-38(28-14-8-10-25(34)20-28)46(42,43)29-17-15-23(2)16-18-29/h4-20H,3,21-22H2,1-2H3,(H,35,40). The second-order valence-corrected chi connectivity index (χ2v) is 13.3. The molecule has 5 rings (SSSR count). The summed E-state index contributed by atoms with van der Waals surface area (Å²) >= 11 is 7.42. The average Bonchev–Trinajstić information content (AvgIpc) is 3.46. The molecule has 5 aromatic rings. The molecule has 10 nitrogen and oxygen atoms in total. The number of hydrogen-bond donors (Lipinski definition) is 1. The minimum atomic E-state index is -4.06. The van der Waals surface area contributed by atoms with Gasteiger partial charge >= 0.3 is 5.97 Å². The third kappa shape index (κ3) is 7.76. The van der Waals surface area contributed by atoms with Gasteiger partial charge in [-0.05, 0) is 74.5 Å². The number of carbonyl (C=O) groups is 2. The average molecular weight is 676 g/mol. The lowest BCUT2D eigenvalue weighted by atomic mass is 10.2. The first-order valence-electron chi connectivity index (χ1n) is 14.2. The topological polar surface area (TPSA) is 123 Å². The van der Waals surface area contributed by atoms with E-state index in [1.807, 2.05) is 37.3 Å². The summed E-state index contributed by atoms with van der Waals surface area (Å²) in [7, 11) is -4.06. The molecule has 0 spiro atoms. The molecule has 0 saturated heterocycles. The van der Waals surface area contributed by atoms with E-state index >= 15 is 0 Å². The van der Waals surface area contributed by atoms with E-state index < -0.39 is 16.0 Å². The molecule has 1 heterocycles. The maximum atomic E-state index is 14.0. The van der Waals surface area contributed by atoms with Crippen LogP contribution in [0.3, 0.4) is 0 Å². The molecule has 0 radical (unpaired) electrons. The third-order valence-electron chi connectivity index (χ3n) is 6.69. The molecule has 0 aliphatic carbocycles. The highest BCUT2D eigenvalue weighted by molar-refractivity contribution is 7.99. The maximum absolute atomic E-state index is 14.0. The summed E-state index contributed by atoms with van der Waals surface area (Å²) in [5.41, 5.74) is 2.74. The number of esters is 1. The number of para-hydroxylation sites is 1. The van der Waals surface area contributed by atoms with Crippen LogP contribution in [-0.2, 0) is 26.1 Å². The van der Waals surface area contributed by atoms with Gasteiger partial charge in [0.15, 0.2) is 11.0 Å². The number of benzene rings is 4. The summed E-state index contributed by atoms with van der Waals surface area (Å²) in [6.45, 7) is 3.67.